The van der Waals surface area contributed by atoms with Crippen LogP contribution in [0.4, 0.5) is 10.9 Å². The molecule has 4 N–H and O–H groups in total. The summed E-state index contributed by atoms with van der Waals surface area (Å²) >= 11 is 1.10. The molecule has 0 aromatic carbocycles. The number of nitrogens with zero attached hydrogens (tertiary/aromatic N) is 2. The van der Waals surface area contributed by atoms with Gasteiger partial charge in [0, 0.05) is 18.4 Å². The molecule has 2 aromatic heterocycles. The van der Waals surface area contributed by atoms with Gasteiger partial charge in [-0.25, -0.2) is 9.78 Å². The van der Waals surface area contributed by atoms with Gasteiger partial charge in [-0.1, -0.05) is 0 Å². The van der Waals surface area contributed by atoms with Gasteiger partial charge in [-0.05, 0) is 0 Å². The fourth-order valence-corrected chi connectivity index (χ4v) is 2.00. The summed E-state index contributed by atoms with van der Waals surface area (Å²) in [5, 5.41) is 21.2. The molecule has 104 valence electrons. The number of aromatic carboxylic acids is 1. The molecule has 0 spiro atoms. The Morgan fingerprint density at radius 2 is 2.10 bits per heavy atom. The van der Waals surface area contributed by atoms with Crippen molar-refractivity contribution in [1.82, 2.24) is 15.2 Å². The first-order chi connectivity index (χ1) is 9.45. The van der Waals surface area contributed by atoms with E-state index in [-0.39, 0.29) is 23.1 Å². The van der Waals surface area contributed by atoms with Crippen LogP contribution in [0, 0.1) is 0 Å². The highest BCUT2D eigenvalue weighted by Crippen LogP contribution is 2.16. The van der Waals surface area contributed by atoms with E-state index in [2.05, 4.69) is 25.8 Å². The van der Waals surface area contributed by atoms with E-state index in [1.807, 2.05) is 0 Å². The van der Waals surface area contributed by atoms with Crippen LogP contribution >= 0.6 is 11.3 Å². The maximum Gasteiger partial charge on any atom is 0.353 e. The van der Waals surface area contributed by atoms with Gasteiger partial charge in [0.15, 0.2) is 10.9 Å². The van der Waals surface area contributed by atoms with Crippen molar-refractivity contribution in [2.45, 2.75) is 6.92 Å². The Morgan fingerprint density at radius 3 is 2.70 bits per heavy atom. The van der Waals surface area contributed by atoms with Gasteiger partial charge in [-0.3, -0.25) is 14.7 Å². The molecule has 0 unspecified atom stereocenters. The molecule has 2 amide bonds. The van der Waals surface area contributed by atoms with E-state index >= 15 is 0 Å². The molecule has 0 aliphatic carbocycles. The van der Waals surface area contributed by atoms with Gasteiger partial charge in [0.25, 0.3) is 5.91 Å². The quantitative estimate of drug-likeness (QED) is 0.657. The number of amides is 2. The lowest BCUT2D eigenvalue weighted by atomic mass is 10.4. The minimum atomic E-state index is -1.18. The van der Waals surface area contributed by atoms with Crippen molar-refractivity contribution in [2.24, 2.45) is 0 Å². The van der Waals surface area contributed by atoms with Gasteiger partial charge < -0.3 is 15.7 Å². The van der Waals surface area contributed by atoms with Crippen molar-refractivity contribution in [3.8, 4) is 0 Å². The van der Waals surface area contributed by atoms with E-state index in [9.17, 15) is 14.4 Å². The molecular formula is C10H9N5O4S. The minimum Gasteiger partial charge on any atom is -0.477 e. The zero-order valence-electron chi connectivity index (χ0n) is 10.1. The number of anilines is 2. The van der Waals surface area contributed by atoms with Crippen molar-refractivity contribution in [2.75, 3.05) is 10.6 Å². The Morgan fingerprint density at radius 1 is 1.35 bits per heavy atom. The largest absolute Gasteiger partial charge is 0.477 e. The van der Waals surface area contributed by atoms with Gasteiger partial charge in [0.2, 0.25) is 5.91 Å². The van der Waals surface area contributed by atoms with Crippen LogP contribution in [0.5, 0.6) is 0 Å². The van der Waals surface area contributed by atoms with E-state index in [0.29, 0.717) is 5.13 Å². The molecule has 0 radical (unpaired) electrons. The first-order valence-corrected chi connectivity index (χ1v) is 6.17. The molecule has 0 aliphatic rings. The third kappa shape index (κ3) is 3.17. The molecule has 0 fully saturated rings. The number of carbonyl (C=O) groups is 3. The smallest absolute Gasteiger partial charge is 0.353 e. The number of aromatic amines is 1. The standard InChI is InChI=1S/C10H9N5O4S/c1-4(16)11-10-12-6(3-20-10)8(17)13-7-2-5(9(18)19)14-15-7/h2-3H,1H3,(H,18,19)(H,11,12,16)(H2,13,14,15,17). The topological polar surface area (TPSA) is 137 Å². The third-order valence-electron chi connectivity index (χ3n) is 2.07. The fourth-order valence-electron chi connectivity index (χ4n) is 1.26. The molecule has 0 bridgehead atoms. The highest BCUT2D eigenvalue weighted by molar-refractivity contribution is 7.14. The Bertz CT molecular complexity index is 677. The molecule has 0 atom stereocenters. The lowest BCUT2D eigenvalue weighted by Gasteiger charge is -1.97. The lowest BCUT2D eigenvalue weighted by molar-refractivity contribution is -0.114. The van der Waals surface area contributed by atoms with E-state index in [0.717, 1.165) is 11.3 Å². The van der Waals surface area contributed by atoms with Crippen LogP contribution in [0.1, 0.15) is 27.9 Å². The highest BCUT2D eigenvalue weighted by Gasteiger charge is 2.14. The maximum atomic E-state index is 11.8. The lowest BCUT2D eigenvalue weighted by Crippen LogP contribution is -2.13. The molecule has 2 heterocycles. The first kappa shape index (κ1) is 13.7. The first-order valence-electron chi connectivity index (χ1n) is 5.29. The second-order valence-electron chi connectivity index (χ2n) is 3.65. The molecule has 10 heteroatoms. The number of carbonyl (C=O) groups excluding carboxylic acids is 2. The predicted molar refractivity (Wildman–Crippen MR) is 69.9 cm³/mol. The molecule has 0 aliphatic heterocycles. The SMILES string of the molecule is CC(=O)Nc1nc(C(=O)Nc2cc(C(=O)O)[nH]n2)cs1. The Hall–Kier alpha value is -2.75. The molecule has 0 saturated heterocycles. The van der Waals surface area contributed by atoms with Crippen molar-refractivity contribution in [1.29, 1.82) is 0 Å². The van der Waals surface area contributed by atoms with Gasteiger partial charge in [0.05, 0.1) is 0 Å². The second-order valence-corrected chi connectivity index (χ2v) is 4.50. The summed E-state index contributed by atoms with van der Waals surface area (Å²) in [6.45, 7) is 1.33. The van der Waals surface area contributed by atoms with Gasteiger partial charge >= 0.3 is 5.97 Å². The highest BCUT2D eigenvalue weighted by atomic mass is 32.1. The summed E-state index contributed by atoms with van der Waals surface area (Å²) in [5.74, 6) is -1.95. The van der Waals surface area contributed by atoms with Crippen LogP contribution in [0.25, 0.3) is 0 Å². The zero-order valence-corrected chi connectivity index (χ0v) is 10.9. The molecular weight excluding hydrogens is 286 g/mol. The summed E-state index contributed by atoms with van der Waals surface area (Å²) < 4.78 is 0. The third-order valence-corrected chi connectivity index (χ3v) is 2.83. The van der Waals surface area contributed by atoms with Crippen LogP contribution in [-0.2, 0) is 4.79 Å². The van der Waals surface area contributed by atoms with Gasteiger partial charge in [0.1, 0.15) is 11.4 Å². The molecule has 20 heavy (non-hydrogen) atoms. The van der Waals surface area contributed by atoms with Crippen LogP contribution < -0.4 is 10.6 Å². The number of aromatic nitrogens is 3. The second kappa shape index (κ2) is 5.48. The summed E-state index contributed by atoms with van der Waals surface area (Å²) in [5.41, 5.74) is -0.0452. The van der Waals surface area contributed by atoms with Crippen molar-refractivity contribution in [3.63, 3.8) is 0 Å². The van der Waals surface area contributed by atoms with Gasteiger partial charge in [-0.2, -0.15) is 5.10 Å². The average Bonchev–Trinajstić information content (AvgIpc) is 2.97. The normalized spacial score (nSPS) is 10.1. The average molecular weight is 295 g/mol. The number of hydrogen-bond acceptors (Lipinski definition) is 6. The monoisotopic (exact) mass is 295 g/mol. The van der Waals surface area contributed by atoms with E-state index < -0.39 is 11.9 Å². The van der Waals surface area contributed by atoms with Crippen molar-refractivity contribution >= 4 is 40.1 Å². The number of H-pyrrole nitrogens is 1. The number of carboxylic acid groups (broad SMARTS) is 1. The van der Waals surface area contributed by atoms with Crippen molar-refractivity contribution in [3.05, 3.63) is 22.8 Å². The summed E-state index contributed by atoms with van der Waals surface area (Å²) in [6.07, 6.45) is 0. The van der Waals surface area contributed by atoms with E-state index in [1.54, 1.807) is 0 Å². The van der Waals surface area contributed by atoms with Crippen LogP contribution in [-0.4, -0.2) is 38.1 Å². The Labute approximate surface area is 116 Å². The summed E-state index contributed by atoms with van der Waals surface area (Å²) in [6, 6.07) is 1.18. The van der Waals surface area contributed by atoms with E-state index in [4.69, 9.17) is 5.11 Å². The molecule has 9 nitrogen and oxygen atoms in total. The Kier molecular flexibility index (Phi) is 3.75. The number of carboxylic acids is 1. The van der Waals surface area contributed by atoms with Crippen LogP contribution in [0.3, 0.4) is 0 Å². The van der Waals surface area contributed by atoms with Crippen LogP contribution in [0.2, 0.25) is 0 Å². The molecule has 2 rings (SSSR count). The van der Waals surface area contributed by atoms with E-state index in [1.165, 1.54) is 18.4 Å². The zero-order chi connectivity index (χ0) is 14.7. The predicted octanol–water partition coefficient (Wildman–Crippen LogP) is 0.775. The fraction of sp³-hybridized carbons (Fsp3) is 0.100. The van der Waals surface area contributed by atoms with Gasteiger partial charge in [-0.15, -0.1) is 11.3 Å². The number of nitrogens with one attached hydrogen (secondary N) is 3. The number of thiazole rings is 1. The summed E-state index contributed by atoms with van der Waals surface area (Å²) in [4.78, 5) is 37.2. The van der Waals surface area contributed by atoms with Crippen molar-refractivity contribution < 1.29 is 19.5 Å². The number of hydrogen-bond donors (Lipinski definition) is 4. The summed E-state index contributed by atoms with van der Waals surface area (Å²) in [7, 11) is 0. The number of rotatable bonds is 4. The molecule has 0 saturated carbocycles. The van der Waals surface area contributed by atoms with Crippen LogP contribution in [0.15, 0.2) is 11.4 Å². The Balaban J connectivity index is 2.05. The maximum absolute atomic E-state index is 11.8. The molecule has 2 aromatic rings. The minimum absolute atomic E-state index is 0.0708.